The first-order valence-corrected chi connectivity index (χ1v) is 11.6. The number of sulfonamides is 1. The molecular weight excluding hydrogens is 410 g/mol. The number of amides is 2. The third-order valence-electron chi connectivity index (χ3n) is 5.48. The molecule has 10 heteroatoms. The molecule has 9 nitrogen and oxygen atoms in total. The van der Waals surface area contributed by atoms with Crippen molar-refractivity contribution in [3.8, 4) is 5.75 Å². The van der Waals surface area contributed by atoms with E-state index in [0.717, 1.165) is 6.42 Å². The zero-order chi connectivity index (χ0) is 21.7. The lowest BCUT2D eigenvalue weighted by atomic mass is 9.96. The molecule has 0 radical (unpaired) electrons. The molecule has 0 spiro atoms. The molecule has 166 valence electrons. The molecule has 0 aromatic heterocycles. The van der Waals surface area contributed by atoms with Gasteiger partial charge >= 0.3 is 0 Å². The van der Waals surface area contributed by atoms with Crippen LogP contribution < -0.4 is 9.46 Å². The van der Waals surface area contributed by atoms with E-state index in [9.17, 15) is 18.0 Å². The fourth-order valence-electron chi connectivity index (χ4n) is 3.80. The first-order chi connectivity index (χ1) is 14.3. The molecular formula is C20H29N3O6S. The molecule has 1 N–H and O–H groups in total. The Morgan fingerprint density at radius 3 is 2.43 bits per heavy atom. The molecule has 0 bridgehead atoms. The van der Waals surface area contributed by atoms with Crippen molar-refractivity contribution >= 4 is 21.8 Å². The first-order valence-electron chi connectivity index (χ1n) is 10.1. The maximum Gasteiger partial charge on any atom is 0.241 e. The van der Waals surface area contributed by atoms with Crippen LogP contribution in [0.25, 0.3) is 0 Å². The van der Waals surface area contributed by atoms with Crippen LogP contribution in [-0.2, 0) is 24.3 Å². The van der Waals surface area contributed by atoms with Crippen molar-refractivity contribution < 1.29 is 27.5 Å². The van der Waals surface area contributed by atoms with Crippen LogP contribution in [-0.4, -0.2) is 82.6 Å². The van der Waals surface area contributed by atoms with Gasteiger partial charge in [0.1, 0.15) is 5.75 Å². The number of hydrogen-bond donors (Lipinski definition) is 1. The zero-order valence-electron chi connectivity index (χ0n) is 17.4. The molecule has 30 heavy (non-hydrogen) atoms. The number of carbonyl (C=O) groups excluding carboxylic acids is 2. The molecule has 2 saturated heterocycles. The average molecular weight is 440 g/mol. The van der Waals surface area contributed by atoms with Crippen LogP contribution in [0.1, 0.15) is 19.8 Å². The largest absolute Gasteiger partial charge is 0.497 e. The van der Waals surface area contributed by atoms with E-state index in [4.69, 9.17) is 9.47 Å². The summed E-state index contributed by atoms with van der Waals surface area (Å²) in [6, 6.07) is 5.02. The van der Waals surface area contributed by atoms with E-state index in [1.165, 1.54) is 26.2 Å². The van der Waals surface area contributed by atoms with Gasteiger partial charge in [0.05, 0.1) is 37.2 Å². The fraction of sp³-hybridized carbons (Fsp3) is 0.600. The summed E-state index contributed by atoms with van der Waals surface area (Å²) in [6.45, 7) is 4.56. The highest BCUT2D eigenvalue weighted by Crippen LogP contribution is 2.21. The van der Waals surface area contributed by atoms with Crippen LogP contribution in [0.2, 0.25) is 0 Å². The fourth-order valence-corrected chi connectivity index (χ4v) is 5.00. The number of benzene rings is 1. The highest BCUT2D eigenvalue weighted by atomic mass is 32.2. The van der Waals surface area contributed by atoms with Gasteiger partial charge in [-0.05, 0) is 44.0 Å². The Morgan fingerprint density at radius 1 is 1.13 bits per heavy atom. The van der Waals surface area contributed by atoms with Gasteiger partial charge in [0, 0.05) is 26.2 Å². The quantitative estimate of drug-likeness (QED) is 0.690. The van der Waals surface area contributed by atoms with Gasteiger partial charge < -0.3 is 19.3 Å². The number of hydrogen-bond acceptors (Lipinski definition) is 6. The summed E-state index contributed by atoms with van der Waals surface area (Å²) >= 11 is 0. The average Bonchev–Trinajstić information content (AvgIpc) is 2.78. The second kappa shape index (κ2) is 9.76. The van der Waals surface area contributed by atoms with E-state index >= 15 is 0 Å². The van der Waals surface area contributed by atoms with E-state index in [1.807, 2.05) is 0 Å². The second-order valence-electron chi connectivity index (χ2n) is 7.58. The van der Waals surface area contributed by atoms with E-state index in [-0.39, 0.29) is 22.6 Å². The number of ether oxygens (including phenoxy) is 2. The normalized spacial score (nSPS) is 21.2. The molecule has 2 aliphatic rings. The molecule has 1 aromatic carbocycles. The van der Waals surface area contributed by atoms with Gasteiger partial charge in [0.15, 0.2) is 0 Å². The predicted molar refractivity (Wildman–Crippen MR) is 109 cm³/mol. The van der Waals surface area contributed by atoms with Gasteiger partial charge in [-0.3, -0.25) is 9.59 Å². The van der Waals surface area contributed by atoms with Gasteiger partial charge in [-0.15, -0.1) is 0 Å². The lowest BCUT2D eigenvalue weighted by Gasteiger charge is -2.37. The Morgan fingerprint density at radius 2 is 1.80 bits per heavy atom. The Balaban J connectivity index is 1.61. The number of nitrogens with zero attached hydrogens (tertiary/aromatic N) is 2. The van der Waals surface area contributed by atoms with Gasteiger partial charge in [0.2, 0.25) is 21.8 Å². The van der Waals surface area contributed by atoms with Crippen LogP contribution >= 0.6 is 0 Å². The Hall–Kier alpha value is -2.17. The van der Waals surface area contributed by atoms with Crippen molar-refractivity contribution in [1.82, 2.24) is 14.5 Å². The number of methoxy groups -OCH3 is 1. The van der Waals surface area contributed by atoms with Gasteiger partial charge in [0.25, 0.3) is 0 Å². The molecule has 1 aromatic rings. The number of nitrogens with one attached hydrogen (secondary N) is 1. The molecule has 2 fully saturated rings. The monoisotopic (exact) mass is 439 g/mol. The van der Waals surface area contributed by atoms with Crippen LogP contribution in [0.5, 0.6) is 5.75 Å². The topological polar surface area (TPSA) is 105 Å². The number of morpholine rings is 1. The van der Waals surface area contributed by atoms with Gasteiger partial charge in [-0.25, -0.2) is 8.42 Å². The van der Waals surface area contributed by atoms with Crippen molar-refractivity contribution in [3.05, 3.63) is 24.3 Å². The minimum Gasteiger partial charge on any atom is -0.497 e. The van der Waals surface area contributed by atoms with Crippen LogP contribution in [0.4, 0.5) is 0 Å². The van der Waals surface area contributed by atoms with Crippen LogP contribution in [0, 0.1) is 5.92 Å². The lowest BCUT2D eigenvalue weighted by Crippen LogP contribution is -2.53. The highest BCUT2D eigenvalue weighted by molar-refractivity contribution is 7.89. The lowest BCUT2D eigenvalue weighted by molar-refractivity contribution is -0.144. The molecule has 1 unspecified atom stereocenters. The summed E-state index contributed by atoms with van der Waals surface area (Å²) in [5, 5.41) is 0. The minimum atomic E-state index is -3.86. The molecule has 2 aliphatic heterocycles. The Bertz CT molecular complexity index is 852. The summed E-state index contributed by atoms with van der Waals surface area (Å²) in [6.07, 6.45) is 1.44. The highest BCUT2D eigenvalue weighted by Gasteiger charge is 2.34. The van der Waals surface area contributed by atoms with Gasteiger partial charge in [-0.1, -0.05) is 0 Å². The van der Waals surface area contributed by atoms with Crippen molar-refractivity contribution in [1.29, 1.82) is 0 Å². The Kier molecular flexibility index (Phi) is 7.32. The molecule has 0 aliphatic carbocycles. The van der Waals surface area contributed by atoms with Crippen LogP contribution in [0.3, 0.4) is 0 Å². The van der Waals surface area contributed by atoms with Crippen molar-refractivity contribution in [2.45, 2.75) is 30.7 Å². The van der Waals surface area contributed by atoms with E-state index in [2.05, 4.69) is 4.72 Å². The van der Waals surface area contributed by atoms with E-state index in [1.54, 1.807) is 21.9 Å². The summed E-state index contributed by atoms with van der Waals surface area (Å²) in [7, 11) is -2.36. The van der Waals surface area contributed by atoms with Crippen molar-refractivity contribution in [3.63, 3.8) is 0 Å². The number of carbonyl (C=O) groups is 2. The molecule has 2 heterocycles. The van der Waals surface area contributed by atoms with Crippen LogP contribution in [0.15, 0.2) is 29.2 Å². The third kappa shape index (κ3) is 5.30. The predicted octanol–water partition coefficient (Wildman–Crippen LogP) is 0.459. The number of likely N-dealkylation sites (tertiary alicyclic amines) is 1. The third-order valence-corrected chi connectivity index (χ3v) is 7.03. The smallest absolute Gasteiger partial charge is 0.241 e. The maximum atomic E-state index is 12.9. The van der Waals surface area contributed by atoms with Crippen molar-refractivity contribution in [2.75, 3.05) is 46.5 Å². The van der Waals surface area contributed by atoms with Gasteiger partial charge in [-0.2, -0.15) is 4.72 Å². The second-order valence-corrected chi connectivity index (χ2v) is 9.29. The summed E-state index contributed by atoms with van der Waals surface area (Å²) in [4.78, 5) is 29.1. The maximum absolute atomic E-state index is 12.9. The van der Waals surface area contributed by atoms with E-state index in [0.29, 0.717) is 51.6 Å². The van der Waals surface area contributed by atoms with E-state index < -0.39 is 16.1 Å². The Labute approximate surface area is 177 Å². The minimum absolute atomic E-state index is 0.0438. The number of piperidine rings is 1. The summed E-state index contributed by atoms with van der Waals surface area (Å²) in [5.74, 6) is 0.00222. The SMILES string of the molecule is COc1ccc(S(=O)(=O)N[C@@H](C)C(=O)N2CCCC(C(=O)N3CCOCC3)C2)cc1. The molecule has 3 rings (SSSR count). The summed E-state index contributed by atoms with van der Waals surface area (Å²) < 4.78 is 38.0. The number of rotatable bonds is 6. The molecule has 0 saturated carbocycles. The standard InChI is InChI=1S/C20H29N3O6S/c1-15(21-30(26,27)18-7-5-17(28-2)6-8-18)19(24)23-9-3-4-16(14-23)20(25)22-10-12-29-13-11-22/h5-8,15-16,21H,3-4,9-14H2,1-2H3/t15-,16?/m0/s1. The zero-order valence-corrected chi connectivity index (χ0v) is 18.2. The molecule has 2 amide bonds. The summed E-state index contributed by atoms with van der Waals surface area (Å²) in [5.41, 5.74) is 0. The first kappa shape index (κ1) is 22.5. The van der Waals surface area contributed by atoms with Crippen molar-refractivity contribution in [2.24, 2.45) is 5.92 Å². The molecule has 2 atom stereocenters.